The Kier molecular flexibility index (Phi) is 5.82. The Bertz CT molecular complexity index is 1450. The Morgan fingerprint density at radius 2 is 1.80 bits per heavy atom. The molecule has 176 valence electrons. The summed E-state index contributed by atoms with van der Waals surface area (Å²) in [5.41, 5.74) is 2.13. The molecule has 1 N–H and O–H groups in total. The first-order chi connectivity index (χ1) is 16.9. The largest absolute Gasteiger partial charge is 0.444 e. The molecule has 0 spiro atoms. The van der Waals surface area contributed by atoms with E-state index in [1.807, 2.05) is 54.6 Å². The minimum absolute atomic E-state index is 0.0629. The fourth-order valence-corrected chi connectivity index (χ4v) is 3.93. The first kappa shape index (κ1) is 22.4. The summed E-state index contributed by atoms with van der Waals surface area (Å²) >= 11 is 3.44. The zero-order valence-corrected chi connectivity index (χ0v) is 20.0. The summed E-state index contributed by atoms with van der Waals surface area (Å²) in [5.74, 6) is -0.290. The van der Waals surface area contributed by atoms with Crippen LogP contribution in [0, 0.1) is 0 Å². The van der Waals surface area contributed by atoms with Gasteiger partial charge in [-0.3, -0.25) is 9.59 Å². The third-order valence-corrected chi connectivity index (χ3v) is 5.48. The number of carbonyl (C=O) groups is 2. The maximum absolute atomic E-state index is 12.5. The Morgan fingerprint density at radius 3 is 2.51 bits per heavy atom. The third kappa shape index (κ3) is 4.28. The maximum atomic E-state index is 12.5. The highest BCUT2D eigenvalue weighted by Gasteiger charge is 2.39. The number of aromatic nitrogens is 5. The maximum Gasteiger partial charge on any atom is 0.244 e. The fourth-order valence-electron chi connectivity index (χ4n) is 3.53. The first-order valence-corrected chi connectivity index (χ1v) is 11.1. The number of halogens is 1. The molecule has 2 aromatic heterocycles. The van der Waals surface area contributed by atoms with E-state index in [2.05, 4.69) is 47.0 Å². The lowest BCUT2D eigenvalue weighted by molar-refractivity contribution is -0.135. The number of rotatable bonds is 5. The minimum Gasteiger partial charge on any atom is -0.444 e. The molecule has 0 radical (unpaired) electrons. The van der Waals surface area contributed by atoms with Crippen LogP contribution in [0.5, 0.6) is 0 Å². The highest BCUT2D eigenvalue weighted by Crippen LogP contribution is 2.36. The number of nitrogens with one attached hydrogen (secondary N) is 1. The molecule has 0 fully saturated rings. The lowest BCUT2D eigenvalue weighted by Crippen LogP contribution is -2.26. The van der Waals surface area contributed by atoms with Gasteiger partial charge in [0.15, 0.2) is 5.69 Å². The van der Waals surface area contributed by atoms with Gasteiger partial charge in [0.05, 0.1) is 0 Å². The molecule has 3 heterocycles. The standard InChI is InChI=1S/C22H17BrN8O4/c1-12(32)24-19-20(28-35-27-19)31-18(14-7-4-3-5-8-14)17(25-29-31)22-30(13(2)33)26-21(34-22)15-9-6-10-16(23)11-15/h3-11,22H,1-2H3,(H,24,27,32). The van der Waals surface area contributed by atoms with Crippen LogP contribution in [0.4, 0.5) is 5.82 Å². The van der Waals surface area contributed by atoms with Gasteiger partial charge < -0.3 is 10.1 Å². The lowest BCUT2D eigenvalue weighted by Gasteiger charge is -2.18. The molecule has 1 aliphatic rings. The number of anilines is 1. The van der Waals surface area contributed by atoms with Gasteiger partial charge in [-0.1, -0.05) is 57.5 Å². The molecule has 1 unspecified atom stereocenters. The van der Waals surface area contributed by atoms with Crippen molar-refractivity contribution in [3.63, 3.8) is 0 Å². The van der Waals surface area contributed by atoms with Gasteiger partial charge in [0.2, 0.25) is 35.6 Å². The molecule has 2 amide bonds. The van der Waals surface area contributed by atoms with Crippen LogP contribution in [0.25, 0.3) is 17.1 Å². The van der Waals surface area contributed by atoms with Crippen LogP contribution in [-0.4, -0.2) is 48.0 Å². The fraction of sp³-hybridized carbons (Fsp3) is 0.136. The van der Waals surface area contributed by atoms with Crippen molar-refractivity contribution in [2.45, 2.75) is 20.1 Å². The van der Waals surface area contributed by atoms with E-state index < -0.39 is 6.23 Å². The first-order valence-electron chi connectivity index (χ1n) is 10.3. The molecular weight excluding hydrogens is 520 g/mol. The molecule has 13 heteroatoms. The van der Waals surface area contributed by atoms with E-state index in [0.717, 1.165) is 4.47 Å². The van der Waals surface area contributed by atoms with E-state index >= 15 is 0 Å². The van der Waals surface area contributed by atoms with Crippen molar-refractivity contribution in [1.82, 2.24) is 30.3 Å². The molecule has 0 bridgehead atoms. The minimum atomic E-state index is -1.01. The number of hydrogen-bond donors (Lipinski definition) is 1. The summed E-state index contributed by atoms with van der Waals surface area (Å²) in [6.45, 7) is 2.72. The third-order valence-electron chi connectivity index (χ3n) is 4.98. The van der Waals surface area contributed by atoms with Gasteiger partial charge in [-0.2, -0.15) is 9.69 Å². The van der Waals surface area contributed by atoms with Crippen molar-refractivity contribution in [3.8, 4) is 17.1 Å². The van der Waals surface area contributed by atoms with Crippen LogP contribution in [-0.2, 0) is 14.3 Å². The Hall–Kier alpha value is -4.39. The highest BCUT2D eigenvalue weighted by atomic mass is 79.9. The number of hydrazone groups is 1. The monoisotopic (exact) mass is 536 g/mol. The van der Waals surface area contributed by atoms with Gasteiger partial charge in [-0.05, 0) is 28.5 Å². The van der Waals surface area contributed by atoms with E-state index in [1.54, 1.807) is 0 Å². The molecule has 2 aromatic carbocycles. The second-order valence-electron chi connectivity index (χ2n) is 7.47. The number of carbonyl (C=O) groups excluding carboxylic acids is 2. The van der Waals surface area contributed by atoms with Gasteiger partial charge in [0.1, 0.15) is 5.69 Å². The molecule has 35 heavy (non-hydrogen) atoms. The molecular formula is C22H17BrN8O4. The van der Waals surface area contributed by atoms with Crippen molar-refractivity contribution in [2.24, 2.45) is 5.10 Å². The molecule has 0 saturated carbocycles. The molecule has 0 aliphatic carbocycles. The van der Waals surface area contributed by atoms with Crippen molar-refractivity contribution in [1.29, 1.82) is 0 Å². The zero-order chi connectivity index (χ0) is 24.5. The summed E-state index contributed by atoms with van der Waals surface area (Å²) in [6, 6.07) is 16.6. The van der Waals surface area contributed by atoms with Crippen LogP contribution in [0.1, 0.15) is 31.3 Å². The predicted molar refractivity (Wildman–Crippen MR) is 126 cm³/mol. The van der Waals surface area contributed by atoms with Crippen molar-refractivity contribution in [2.75, 3.05) is 5.32 Å². The quantitative estimate of drug-likeness (QED) is 0.409. The Labute approximate surface area is 206 Å². The summed E-state index contributed by atoms with van der Waals surface area (Å²) in [6.07, 6.45) is -1.01. The summed E-state index contributed by atoms with van der Waals surface area (Å²) in [7, 11) is 0. The van der Waals surface area contributed by atoms with Gasteiger partial charge in [0, 0.05) is 29.4 Å². The number of hydrogen-bond acceptors (Lipinski definition) is 9. The molecule has 5 rings (SSSR count). The van der Waals surface area contributed by atoms with Crippen LogP contribution in [0.2, 0.25) is 0 Å². The van der Waals surface area contributed by atoms with Gasteiger partial charge in [-0.15, -0.1) is 10.2 Å². The molecule has 12 nitrogen and oxygen atoms in total. The second kappa shape index (κ2) is 9.10. The van der Waals surface area contributed by atoms with Crippen molar-refractivity contribution >= 4 is 39.5 Å². The van der Waals surface area contributed by atoms with E-state index in [4.69, 9.17) is 9.37 Å². The van der Waals surface area contributed by atoms with Gasteiger partial charge >= 0.3 is 0 Å². The SMILES string of the molecule is CC(=O)Nc1nonc1-n1nnc(C2OC(c3cccc(Br)c3)=NN2C(C)=O)c1-c1ccccc1. The van der Waals surface area contributed by atoms with Gasteiger partial charge in [-0.25, -0.2) is 4.63 Å². The average Bonchev–Trinajstić information content (AvgIpc) is 3.57. The van der Waals surface area contributed by atoms with Gasteiger partial charge in [0.25, 0.3) is 0 Å². The Morgan fingerprint density at radius 1 is 1.03 bits per heavy atom. The van der Waals surface area contributed by atoms with E-state index in [9.17, 15) is 9.59 Å². The number of nitrogens with zero attached hydrogens (tertiary/aromatic N) is 7. The smallest absolute Gasteiger partial charge is 0.244 e. The molecule has 4 aromatic rings. The van der Waals surface area contributed by atoms with Crippen LogP contribution in [0.3, 0.4) is 0 Å². The van der Waals surface area contributed by atoms with E-state index in [-0.39, 0.29) is 29.3 Å². The predicted octanol–water partition coefficient (Wildman–Crippen LogP) is 3.28. The average molecular weight is 537 g/mol. The van der Waals surface area contributed by atoms with E-state index in [0.29, 0.717) is 22.5 Å². The van der Waals surface area contributed by atoms with Crippen LogP contribution >= 0.6 is 15.9 Å². The number of amides is 2. The molecule has 1 atom stereocenters. The van der Waals surface area contributed by atoms with Crippen LogP contribution in [0.15, 0.2) is 68.8 Å². The van der Waals surface area contributed by atoms with E-state index in [1.165, 1.54) is 23.5 Å². The van der Waals surface area contributed by atoms with Crippen LogP contribution < -0.4 is 5.32 Å². The Balaban J connectivity index is 1.63. The van der Waals surface area contributed by atoms with Crippen molar-refractivity contribution in [3.05, 3.63) is 70.3 Å². The number of ether oxygens (including phenoxy) is 1. The van der Waals surface area contributed by atoms with Crippen molar-refractivity contribution < 1.29 is 19.0 Å². The second-order valence-corrected chi connectivity index (χ2v) is 8.38. The normalized spacial score (nSPS) is 15.0. The summed E-state index contributed by atoms with van der Waals surface area (Å²) < 4.78 is 13.2. The molecule has 0 saturated heterocycles. The topological polar surface area (TPSA) is 141 Å². The number of benzene rings is 2. The zero-order valence-electron chi connectivity index (χ0n) is 18.4. The summed E-state index contributed by atoms with van der Waals surface area (Å²) in [4.78, 5) is 24.2. The molecule has 1 aliphatic heterocycles. The summed E-state index contributed by atoms with van der Waals surface area (Å²) in [5, 5.41) is 24.3. The highest BCUT2D eigenvalue weighted by molar-refractivity contribution is 9.10. The lowest BCUT2D eigenvalue weighted by atomic mass is 10.1.